The van der Waals surface area contributed by atoms with E-state index < -0.39 is 17.7 Å². The van der Waals surface area contributed by atoms with Crippen molar-refractivity contribution in [2.75, 3.05) is 6.54 Å². The van der Waals surface area contributed by atoms with Crippen LogP contribution in [0.4, 0.5) is 0 Å². The molecular weight excluding hydrogens is 318 g/mol. The van der Waals surface area contributed by atoms with Crippen LogP contribution in [0.3, 0.4) is 0 Å². The summed E-state index contributed by atoms with van der Waals surface area (Å²) in [6.45, 7) is 6.39. The SMILES string of the molecule is CCCCCN1C(=O)C(O)=C(C(=O)CC(C)C)C1c1cccc(O)c1. The zero-order chi connectivity index (χ0) is 18.6. The van der Waals surface area contributed by atoms with Crippen molar-refractivity contribution in [3.05, 3.63) is 41.2 Å². The van der Waals surface area contributed by atoms with Gasteiger partial charge in [-0.2, -0.15) is 0 Å². The standard InChI is InChI=1S/C20H27NO4/c1-4-5-6-10-21-18(14-8-7-9-15(22)12-14)17(19(24)20(21)25)16(23)11-13(2)3/h7-9,12-13,18,22,24H,4-6,10-11H2,1-3H3. The Labute approximate surface area is 149 Å². The van der Waals surface area contributed by atoms with Gasteiger partial charge in [0.05, 0.1) is 11.6 Å². The Balaban J connectivity index is 2.42. The van der Waals surface area contributed by atoms with Gasteiger partial charge in [-0.25, -0.2) is 0 Å². The molecule has 0 aromatic heterocycles. The molecule has 136 valence electrons. The van der Waals surface area contributed by atoms with Crippen LogP contribution >= 0.6 is 0 Å². The number of aromatic hydroxyl groups is 1. The van der Waals surface area contributed by atoms with Crippen molar-refractivity contribution in [2.24, 2.45) is 5.92 Å². The molecule has 0 saturated heterocycles. The number of aliphatic hydroxyl groups excluding tert-OH is 1. The molecule has 0 spiro atoms. The second kappa shape index (κ2) is 8.19. The number of Topliss-reactive ketones (excluding diaryl/α,β-unsaturated/α-hetero) is 1. The zero-order valence-electron chi connectivity index (χ0n) is 15.2. The molecule has 1 aliphatic rings. The lowest BCUT2D eigenvalue weighted by molar-refractivity contribution is -0.129. The predicted molar refractivity (Wildman–Crippen MR) is 96.2 cm³/mol. The van der Waals surface area contributed by atoms with Crippen molar-refractivity contribution in [3.63, 3.8) is 0 Å². The number of ketones is 1. The second-order valence-electron chi connectivity index (χ2n) is 6.99. The summed E-state index contributed by atoms with van der Waals surface area (Å²) in [5.74, 6) is -0.971. The normalized spacial score (nSPS) is 17.7. The fourth-order valence-electron chi connectivity index (χ4n) is 3.22. The lowest BCUT2D eigenvalue weighted by Crippen LogP contribution is -2.32. The van der Waals surface area contributed by atoms with Crippen molar-refractivity contribution < 1.29 is 19.8 Å². The zero-order valence-corrected chi connectivity index (χ0v) is 15.2. The number of nitrogens with zero attached hydrogens (tertiary/aromatic N) is 1. The second-order valence-corrected chi connectivity index (χ2v) is 6.99. The number of hydrogen-bond donors (Lipinski definition) is 2. The van der Waals surface area contributed by atoms with Gasteiger partial charge in [0.15, 0.2) is 11.5 Å². The minimum Gasteiger partial charge on any atom is -0.508 e. The molecule has 0 radical (unpaired) electrons. The monoisotopic (exact) mass is 345 g/mol. The van der Waals surface area contributed by atoms with E-state index >= 15 is 0 Å². The summed E-state index contributed by atoms with van der Waals surface area (Å²) in [5.41, 5.74) is 0.793. The molecule has 1 aromatic carbocycles. The molecule has 0 aliphatic carbocycles. The number of carbonyl (C=O) groups is 2. The van der Waals surface area contributed by atoms with Crippen LogP contribution in [-0.2, 0) is 9.59 Å². The molecule has 1 atom stereocenters. The molecule has 1 heterocycles. The lowest BCUT2D eigenvalue weighted by atomic mass is 9.92. The molecule has 0 bridgehead atoms. The summed E-state index contributed by atoms with van der Waals surface area (Å²) in [6.07, 6.45) is 3.05. The molecule has 1 aliphatic heterocycles. The molecule has 25 heavy (non-hydrogen) atoms. The quantitative estimate of drug-likeness (QED) is 0.701. The van der Waals surface area contributed by atoms with E-state index in [-0.39, 0.29) is 29.4 Å². The Bertz CT molecular complexity index is 678. The third kappa shape index (κ3) is 4.21. The molecule has 1 unspecified atom stereocenters. The first kappa shape index (κ1) is 19.0. The van der Waals surface area contributed by atoms with Crippen LogP contribution in [0.5, 0.6) is 5.75 Å². The number of amides is 1. The van der Waals surface area contributed by atoms with E-state index in [9.17, 15) is 19.8 Å². The molecule has 0 saturated carbocycles. The average Bonchev–Trinajstić information content (AvgIpc) is 2.79. The summed E-state index contributed by atoms with van der Waals surface area (Å²) in [4.78, 5) is 26.8. The first-order valence-corrected chi connectivity index (χ1v) is 8.93. The number of hydrogen-bond acceptors (Lipinski definition) is 4. The minimum atomic E-state index is -0.636. The van der Waals surface area contributed by atoms with E-state index in [4.69, 9.17) is 0 Å². The first-order valence-electron chi connectivity index (χ1n) is 8.93. The number of phenolic OH excluding ortho intramolecular Hbond substituents is 1. The average molecular weight is 345 g/mol. The van der Waals surface area contributed by atoms with Crippen molar-refractivity contribution >= 4 is 11.7 Å². The molecule has 1 amide bonds. The molecule has 0 fully saturated rings. The summed E-state index contributed by atoms with van der Waals surface area (Å²) >= 11 is 0. The Kier molecular flexibility index (Phi) is 6.23. The van der Waals surface area contributed by atoms with Gasteiger partial charge in [-0.15, -0.1) is 0 Å². The Hall–Kier alpha value is -2.30. The highest BCUT2D eigenvalue weighted by atomic mass is 16.3. The summed E-state index contributed by atoms with van der Waals surface area (Å²) in [6, 6.07) is 5.90. The smallest absolute Gasteiger partial charge is 0.290 e. The molecular formula is C20H27NO4. The number of unbranched alkanes of at least 4 members (excludes halogenated alkanes) is 2. The van der Waals surface area contributed by atoms with Crippen LogP contribution in [0.2, 0.25) is 0 Å². The largest absolute Gasteiger partial charge is 0.508 e. The van der Waals surface area contributed by atoms with E-state index in [1.165, 1.54) is 0 Å². The first-order chi connectivity index (χ1) is 11.9. The van der Waals surface area contributed by atoms with Gasteiger partial charge in [0.25, 0.3) is 5.91 Å². The number of carbonyl (C=O) groups excluding carboxylic acids is 2. The van der Waals surface area contributed by atoms with E-state index in [2.05, 4.69) is 6.92 Å². The summed E-state index contributed by atoms with van der Waals surface area (Å²) in [5, 5.41) is 20.2. The van der Waals surface area contributed by atoms with Crippen LogP contribution in [-0.4, -0.2) is 33.3 Å². The maximum Gasteiger partial charge on any atom is 0.290 e. The van der Waals surface area contributed by atoms with Crippen molar-refractivity contribution in [3.8, 4) is 5.75 Å². The Morgan fingerprint density at radius 3 is 2.56 bits per heavy atom. The lowest BCUT2D eigenvalue weighted by Gasteiger charge is -2.27. The highest BCUT2D eigenvalue weighted by Crippen LogP contribution is 2.39. The third-order valence-electron chi connectivity index (χ3n) is 4.39. The fourth-order valence-corrected chi connectivity index (χ4v) is 3.22. The minimum absolute atomic E-state index is 0.0699. The summed E-state index contributed by atoms with van der Waals surface area (Å²) < 4.78 is 0. The van der Waals surface area contributed by atoms with Gasteiger partial charge in [-0.05, 0) is 30.0 Å². The predicted octanol–water partition coefficient (Wildman–Crippen LogP) is 3.89. The van der Waals surface area contributed by atoms with Crippen LogP contribution in [0.1, 0.15) is 58.1 Å². The molecule has 5 heteroatoms. The Morgan fingerprint density at radius 1 is 1.24 bits per heavy atom. The van der Waals surface area contributed by atoms with Crippen LogP contribution in [0.15, 0.2) is 35.6 Å². The van der Waals surface area contributed by atoms with Gasteiger partial charge < -0.3 is 15.1 Å². The van der Waals surface area contributed by atoms with E-state index in [0.717, 1.165) is 19.3 Å². The highest BCUT2D eigenvalue weighted by Gasteiger charge is 2.43. The van der Waals surface area contributed by atoms with Gasteiger partial charge in [0.2, 0.25) is 0 Å². The highest BCUT2D eigenvalue weighted by molar-refractivity contribution is 6.09. The number of aliphatic hydroxyl groups is 1. The van der Waals surface area contributed by atoms with Gasteiger partial charge >= 0.3 is 0 Å². The maximum absolute atomic E-state index is 12.7. The van der Waals surface area contributed by atoms with E-state index in [1.54, 1.807) is 29.2 Å². The molecule has 2 rings (SSSR count). The van der Waals surface area contributed by atoms with Gasteiger partial charge in [0.1, 0.15) is 5.75 Å². The van der Waals surface area contributed by atoms with Crippen LogP contribution in [0.25, 0.3) is 0 Å². The number of rotatable bonds is 8. The van der Waals surface area contributed by atoms with E-state index in [0.29, 0.717) is 12.1 Å². The van der Waals surface area contributed by atoms with Gasteiger partial charge in [-0.3, -0.25) is 9.59 Å². The van der Waals surface area contributed by atoms with E-state index in [1.807, 2.05) is 13.8 Å². The number of benzene rings is 1. The van der Waals surface area contributed by atoms with Crippen molar-refractivity contribution in [1.82, 2.24) is 4.90 Å². The molecule has 5 nitrogen and oxygen atoms in total. The molecule has 2 N–H and O–H groups in total. The van der Waals surface area contributed by atoms with Crippen LogP contribution < -0.4 is 0 Å². The maximum atomic E-state index is 12.7. The van der Waals surface area contributed by atoms with Crippen LogP contribution in [0, 0.1) is 5.92 Å². The topological polar surface area (TPSA) is 77.8 Å². The van der Waals surface area contributed by atoms with Gasteiger partial charge in [0, 0.05) is 13.0 Å². The van der Waals surface area contributed by atoms with Gasteiger partial charge in [-0.1, -0.05) is 45.7 Å². The fraction of sp³-hybridized carbons (Fsp3) is 0.500. The number of phenols is 1. The summed E-state index contributed by atoms with van der Waals surface area (Å²) in [7, 11) is 0. The third-order valence-corrected chi connectivity index (χ3v) is 4.39. The molecule has 1 aromatic rings. The van der Waals surface area contributed by atoms with Crippen molar-refractivity contribution in [2.45, 2.75) is 52.5 Å². The van der Waals surface area contributed by atoms with Crippen molar-refractivity contribution in [1.29, 1.82) is 0 Å². The Morgan fingerprint density at radius 2 is 1.96 bits per heavy atom.